The van der Waals surface area contributed by atoms with Crippen molar-refractivity contribution in [1.29, 1.82) is 0 Å². The van der Waals surface area contributed by atoms with E-state index in [1.165, 1.54) is 4.90 Å². The molecule has 1 rings (SSSR count). The van der Waals surface area contributed by atoms with Crippen molar-refractivity contribution in [3.63, 3.8) is 0 Å². The number of hydrogen-bond acceptors (Lipinski definition) is 2. The first-order valence-electron chi connectivity index (χ1n) is 5.25. The van der Waals surface area contributed by atoms with Gasteiger partial charge in [-0.25, -0.2) is 4.79 Å². The van der Waals surface area contributed by atoms with Crippen molar-refractivity contribution in [3.8, 4) is 0 Å². The zero-order chi connectivity index (χ0) is 10.6. The maximum atomic E-state index is 10.8. The van der Waals surface area contributed by atoms with Crippen molar-refractivity contribution >= 4 is 6.09 Å². The fraction of sp³-hybridized carbons (Fsp3) is 0.900. The second-order valence-electron chi connectivity index (χ2n) is 4.08. The van der Waals surface area contributed by atoms with Crippen LogP contribution in [0.2, 0.25) is 0 Å². The number of likely N-dealkylation sites (tertiary alicyclic amines) is 1. The quantitative estimate of drug-likeness (QED) is 0.728. The van der Waals surface area contributed by atoms with Crippen molar-refractivity contribution in [1.82, 2.24) is 4.90 Å². The number of nitrogens with zero attached hydrogens (tertiary/aromatic N) is 1. The Morgan fingerprint density at radius 2 is 2.29 bits per heavy atom. The van der Waals surface area contributed by atoms with Crippen molar-refractivity contribution in [3.05, 3.63) is 0 Å². The van der Waals surface area contributed by atoms with Gasteiger partial charge in [0.25, 0.3) is 0 Å². The van der Waals surface area contributed by atoms with E-state index in [4.69, 9.17) is 10.2 Å². The first-order chi connectivity index (χ1) is 6.65. The lowest BCUT2D eigenvalue weighted by Crippen LogP contribution is -2.43. The monoisotopic (exact) mass is 201 g/mol. The second-order valence-corrected chi connectivity index (χ2v) is 4.08. The summed E-state index contributed by atoms with van der Waals surface area (Å²) in [4.78, 5) is 12.3. The zero-order valence-corrected chi connectivity index (χ0v) is 8.65. The second kappa shape index (κ2) is 5.20. The van der Waals surface area contributed by atoms with Crippen molar-refractivity contribution in [2.45, 2.75) is 38.6 Å². The van der Waals surface area contributed by atoms with Crippen LogP contribution in [0.15, 0.2) is 0 Å². The van der Waals surface area contributed by atoms with Crippen molar-refractivity contribution < 1.29 is 15.0 Å². The van der Waals surface area contributed by atoms with Crippen LogP contribution in [0.3, 0.4) is 0 Å². The Hall–Kier alpha value is -0.770. The van der Waals surface area contributed by atoms with E-state index in [2.05, 4.69) is 0 Å². The van der Waals surface area contributed by atoms with Crippen LogP contribution in [0.5, 0.6) is 0 Å². The van der Waals surface area contributed by atoms with Crippen LogP contribution in [-0.2, 0) is 0 Å². The topological polar surface area (TPSA) is 60.8 Å². The highest BCUT2D eigenvalue weighted by Crippen LogP contribution is 2.26. The molecule has 82 valence electrons. The molecule has 1 unspecified atom stereocenters. The summed E-state index contributed by atoms with van der Waals surface area (Å²) in [5.74, 6) is 0.591. The molecule has 14 heavy (non-hydrogen) atoms. The van der Waals surface area contributed by atoms with Crippen LogP contribution in [-0.4, -0.2) is 40.4 Å². The van der Waals surface area contributed by atoms with Gasteiger partial charge in [0.05, 0.1) is 0 Å². The van der Waals surface area contributed by atoms with Crippen LogP contribution >= 0.6 is 0 Å². The SMILES string of the molecule is C[C@H]1CC(CCCO)CCN1C(=O)O. The summed E-state index contributed by atoms with van der Waals surface area (Å²) in [7, 11) is 0. The Labute approximate surface area is 84.5 Å². The minimum atomic E-state index is -0.807. The predicted octanol–water partition coefficient (Wildman–Crippen LogP) is 1.54. The Bertz CT molecular complexity index is 196. The van der Waals surface area contributed by atoms with Crippen LogP contribution in [0.4, 0.5) is 4.79 Å². The van der Waals surface area contributed by atoms with Gasteiger partial charge in [0, 0.05) is 19.2 Å². The highest BCUT2D eigenvalue weighted by molar-refractivity contribution is 5.65. The van der Waals surface area contributed by atoms with Gasteiger partial charge in [0.1, 0.15) is 0 Å². The third kappa shape index (κ3) is 2.87. The molecule has 1 fully saturated rings. The average molecular weight is 201 g/mol. The van der Waals surface area contributed by atoms with E-state index < -0.39 is 6.09 Å². The lowest BCUT2D eigenvalue weighted by Gasteiger charge is -2.35. The molecule has 0 radical (unpaired) electrons. The minimum absolute atomic E-state index is 0.130. The Balaban J connectivity index is 2.35. The summed E-state index contributed by atoms with van der Waals surface area (Å²) in [6.45, 7) is 2.85. The van der Waals surface area contributed by atoms with Crippen LogP contribution in [0, 0.1) is 5.92 Å². The van der Waals surface area contributed by atoms with Gasteiger partial charge in [-0.15, -0.1) is 0 Å². The Morgan fingerprint density at radius 1 is 1.57 bits per heavy atom. The fourth-order valence-electron chi connectivity index (χ4n) is 2.20. The minimum Gasteiger partial charge on any atom is -0.465 e. The summed E-state index contributed by atoms with van der Waals surface area (Å²) in [5.41, 5.74) is 0. The number of carboxylic acid groups (broad SMARTS) is 1. The zero-order valence-electron chi connectivity index (χ0n) is 8.65. The molecule has 2 atom stereocenters. The molecule has 0 aromatic rings. The number of amides is 1. The Kier molecular flexibility index (Phi) is 4.20. The summed E-state index contributed by atoms with van der Waals surface area (Å²) in [5, 5.41) is 17.6. The number of aliphatic hydroxyl groups is 1. The van der Waals surface area contributed by atoms with Gasteiger partial charge in [-0.05, 0) is 38.5 Å². The van der Waals surface area contributed by atoms with Gasteiger partial charge >= 0.3 is 6.09 Å². The highest BCUT2D eigenvalue weighted by Gasteiger charge is 2.27. The van der Waals surface area contributed by atoms with Gasteiger partial charge in [-0.1, -0.05) is 0 Å². The van der Waals surface area contributed by atoms with Crippen LogP contribution in [0.25, 0.3) is 0 Å². The lowest BCUT2D eigenvalue weighted by atomic mass is 9.88. The van der Waals surface area contributed by atoms with E-state index in [-0.39, 0.29) is 12.6 Å². The van der Waals surface area contributed by atoms with Crippen molar-refractivity contribution in [2.75, 3.05) is 13.2 Å². The normalized spacial score (nSPS) is 27.7. The number of piperidine rings is 1. The number of hydrogen-bond donors (Lipinski definition) is 2. The van der Waals surface area contributed by atoms with Gasteiger partial charge < -0.3 is 15.1 Å². The van der Waals surface area contributed by atoms with E-state index >= 15 is 0 Å². The first kappa shape index (κ1) is 11.3. The highest BCUT2D eigenvalue weighted by atomic mass is 16.4. The fourth-order valence-corrected chi connectivity index (χ4v) is 2.20. The largest absolute Gasteiger partial charge is 0.465 e. The summed E-state index contributed by atoms with van der Waals surface area (Å²) < 4.78 is 0. The molecule has 1 amide bonds. The predicted molar refractivity (Wildman–Crippen MR) is 53.2 cm³/mol. The maximum absolute atomic E-state index is 10.8. The summed E-state index contributed by atoms with van der Waals surface area (Å²) in [6.07, 6.45) is 2.93. The molecule has 0 spiro atoms. The third-order valence-corrected chi connectivity index (χ3v) is 3.00. The number of carbonyl (C=O) groups is 1. The van der Waals surface area contributed by atoms with Gasteiger partial charge in [0.15, 0.2) is 0 Å². The number of aliphatic hydroxyl groups excluding tert-OH is 1. The lowest BCUT2D eigenvalue weighted by molar-refractivity contribution is 0.0924. The van der Waals surface area contributed by atoms with E-state index in [0.717, 1.165) is 25.7 Å². The van der Waals surface area contributed by atoms with Gasteiger partial charge in [0.2, 0.25) is 0 Å². The molecule has 0 aliphatic carbocycles. The standard InChI is InChI=1S/C10H19NO3/c1-8-7-9(3-2-6-12)4-5-11(8)10(13)14/h8-9,12H,2-7H2,1H3,(H,13,14)/t8-,9?/m0/s1. The molecule has 0 saturated carbocycles. The molecule has 4 nitrogen and oxygen atoms in total. The molecular weight excluding hydrogens is 182 g/mol. The van der Waals surface area contributed by atoms with E-state index in [9.17, 15) is 4.79 Å². The summed E-state index contributed by atoms with van der Waals surface area (Å²) >= 11 is 0. The first-order valence-corrected chi connectivity index (χ1v) is 5.25. The molecule has 0 bridgehead atoms. The molecule has 1 aliphatic heterocycles. The van der Waals surface area contributed by atoms with Crippen LogP contribution in [0.1, 0.15) is 32.6 Å². The van der Waals surface area contributed by atoms with E-state index in [0.29, 0.717) is 12.5 Å². The van der Waals surface area contributed by atoms with E-state index in [1.807, 2.05) is 6.92 Å². The molecule has 0 aromatic heterocycles. The van der Waals surface area contributed by atoms with Crippen LogP contribution < -0.4 is 0 Å². The third-order valence-electron chi connectivity index (χ3n) is 3.00. The average Bonchev–Trinajstić information content (AvgIpc) is 2.14. The molecule has 1 saturated heterocycles. The summed E-state index contributed by atoms with van der Waals surface area (Å²) in [6, 6.07) is 0.130. The van der Waals surface area contributed by atoms with Gasteiger partial charge in [-0.3, -0.25) is 0 Å². The molecule has 0 aromatic carbocycles. The Morgan fingerprint density at radius 3 is 2.79 bits per heavy atom. The molecule has 2 N–H and O–H groups in total. The van der Waals surface area contributed by atoms with Gasteiger partial charge in [-0.2, -0.15) is 0 Å². The van der Waals surface area contributed by atoms with Crippen molar-refractivity contribution in [2.24, 2.45) is 5.92 Å². The maximum Gasteiger partial charge on any atom is 0.407 e. The molecule has 1 heterocycles. The number of rotatable bonds is 3. The van der Waals surface area contributed by atoms with E-state index in [1.54, 1.807) is 0 Å². The molecular formula is C10H19NO3. The smallest absolute Gasteiger partial charge is 0.407 e. The molecule has 4 heteroatoms. The molecule has 1 aliphatic rings.